The molecule has 2 rings (SSSR count). The smallest absolute Gasteiger partial charge is 0.136 e. The van der Waals surface area contributed by atoms with Crippen LogP contribution in [-0.4, -0.2) is 9.97 Å². The molecule has 0 spiro atoms. The van der Waals surface area contributed by atoms with Crippen molar-refractivity contribution in [2.24, 2.45) is 5.73 Å². The first-order valence-electron chi connectivity index (χ1n) is 6.37. The van der Waals surface area contributed by atoms with Crippen LogP contribution in [-0.2, 0) is 0 Å². The van der Waals surface area contributed by atoms with E-state index in [0.29, 0.717) is 26.4 Å². The lowest BCUT2D eigenvalue weighted by molar-refractivity contribution is 0.872. The van der Waals surface area contributed by atoms with E-state index in [1.54, 1.807) is 12.1 Å². The van der Waals surface area contributed by atoms with Gasteiger partial charge in [0.2, 0.25) is 0 Å². The quantitative estimate of drug-likeness (QED) is 0.805. The SMILES string of the molecule is Cc1ccc(C(N)=S)c(NC(C)c2ccc(Cl)cc2Cl)n1. The minimum atomic E-state index is -0.0582. The van der Waals surface area contributed by atoms with Crippen LogP contribution in [0.15, 0.2) is 30.3 Å². The Hall–Kier alpha value is -1.36. The van der Waals surface area contributed by atoms with Crippen LogP contribution < -0.4 is 11.1 Å². The van der Waals surface area contributed by atoms with Gasteiger partial charge in [0.1, 0.15) is 10.8 Å². The lowest BCUT2D eigenvalue weighted by atomic mass is 10.1. The van der Waals surface area contributed by atoms with Crippen molar-refractivity contribution >= 4 is 46.2 Å². The molecule has 0 saturated carbocycles. The highest BCUT2D eigenvalue weighted by Gasteiger charge is 2.14. The zero-order valence-electron chi connectivity index (χ0n) is 11.7. The van der Waals surface area contributed by atoms with E-state index in [9.17, 15) is 0 Å². The number of hydrogen-bond donors (Lipinski definition) is 2. The lowest BCUT2D eigenvalue weighted by Crippen LogP contribution is -2.17. The van der Waals surface area contributed by atoms with Crippen molar-refractivity contribution in [1.82, 2.24) is 4.98 Å². The molecule has 1 atom stereocenters. The maximum Gasteiger partial charge on any atom is 0.136 e. The molecule has 0 bridgehead atoms. The van der Waals surface area contributed by atoms with Crippen molar-refractivity contribution < 1.29 is 0 Å². The van der Waals surface area contributed by atoms with Crippen LogP contribution in [0.5, 0.6) is 0 Å². The summed E-state index contributed by atoms with van der Waals surface area (Å²) in [5, 5.41) is 4.51. The van der Waals surface area contributed by atoms with Crippen LogP contribution in [0, 0.1) is 6.92 Å². The first-order valence-corrected chi connectivity index (χ1v) is 7.54. The van der Waals surface area contributed by atoms with Crippen molar-refractivity contribution in [2.45, 2.75) is 19.9 Å². The molecule has 1 heterocycles. The Morgan fingerprint density at radius 1 is 1.29 bits per heavy atom. The van der Waals surface area contributed by atoms with E-state index >= 15 is 0 Å². The summed E-state index contributed by atoms with van der Waals surface area (Å²) in [6.45, 7) is 3.90. The average Bonchev–Trinajstić information content (AvgIpc) is 2.37. The van der Waals surface area contributed by atoms with Gasteiger partial charge >= 0.3 is 0 Å². The number of aryl methyl sites for hydroxylation is 1. The predicted molar refractivity (Wildman–Crippen MR) is 93.4 cm³/mol. The van der Waals surface area contributed by atoms with E-state index in [1.165, 1.54) is 0 Å². The van der Waals surface area contributed by atoms with Crippen LogP contribution in [0.1, 0.15) is 29.8 Å². The monoisotopic (exact) mass is 339 g/mol. The van der Waals surface area contributed by atoms with Crippen molar-refractivity contribution in [3.05, 3.63) is 57.2 Å². The van der Waals surface area contributed by atoms with Crippen LogP contribution >= 0.6 is 35.4 Å². The topological polar surface area (TPSA) is 50.9 Å². The summed E-state index contributed by atoms with van der Waals surface area (Å²) in [6, 6.07) is 9.09. The van der Waals surface area contributed by atoms with E-state index in [4.69, 9.17) is 41.2 Å². The number of pyridine rings is 1. The molecule has 110 valence electrons. The second kappa shape index (κ2) is 6.60. The third-order valence-electron chi connectivity index (χ3n) is 3.08. The molecule has 3 nitrogen and oxygen atoms in total. The summed E-state index contributed by atoms with van der Waals surface area (Å²) in [5.41, 5.74) is 8.26. The molecule has 2 aromatic rings. The van der Waals surface area contributed by atoms with Gasteiger partial charge in [-0.05, 0) is 43.7 Å². The van der Waals surface area contributed by atoms with Gasteiger partial charge in [-0.3, -0.25) is 0 Å². The molecule has 0 radical (unpaired) electrons. The van der Waals surface area contributed by atoms with Gasteiger partial charge in [0.05, 0.1) is 11.6 Å². The van der Waals surface area contributed by atoms with Gasteiger partial charge in [-0.25, -0.2) is 4.98 Å². The number of aromatic nitrogens is 1. The van der Waals surface area contributed by atoms with Crippen molar-refractivity contribution in [1.29, 1.82) is 0 Å². The van der Waals surface area contributed by atoms with Crippen molar-refractivity contribution in [2.75, 3.05) is 5.32 Å². The van der Waals surface area contributed by atoms with E-state index in [1.807, 2.05) is 32.0 Å². The van der Waals surface area contributed by atoms with E-state index in [-0.39, 0.29) is 6.04 Å². The van der Waals surface area contributed by atoms with Gasteiger partial charge in [0.15, 0.2) is 0 Å². The number of nitrogens with zero attached hydrogens (tertiary/aromatic N) is 1. The average molecular weight is 340 g/mol. The van der Waals surface area contributed by atoms with Crippen LogP contribution in [0.4, 0.5) is 5.82 Å². The van der Waals surface area contributed by atoms with E-state index < -0.39 is 0 Å². The Kier molecular flexibility index (Phi) is 5.04. The molecule has 0 aliphatic rings. The molecule has 1 unspecified atom stereocenters. The number of nitrogens with two attached hydrogens (primary N) is 1. The van der Waals surface area contributed by atoms with Crippen LogP contribution in [0.25, 0.3) is 0 Å². The molecule has 0 amide bonds. The molecule has 3 N–H and O–H groups in total. The molecule has 0 saturated heterocycles. The summed E-state index contributed by atoms with van der Waals surface area (Å²) >= 11 is 17.2. The summed E-state index contributed by atoms with van der Waals surface area (Å²) in [6.07, 6.45) is 0. The van der Waals surface area contributed by atoms with Crippen molar-refractivity contribution in [3.8, 4) is 0 Å². The normalized spacial score (nSPS) is 12.0. The second-order valence-electron chi connectivity index (χ2n) is 4.74. The predicted octanol–water partition coefficient (Wildman–Crippen LogP) is 4.50. The molecular formula is C15H15Cl2N3S. The molecule has 0 fully saturated rings. The number of rotatable bonds is 4. The fraction of sp³-hybridized carbons (Fsp3) is 0.200. The molecule has 1 aromatic carbocycles. The fourth-order valence-corrected chi connectivity index (χ4v) is 2.74. The zero-order valence-corrected chi connectivity index (χ0v) is 14.0. The number of thiocarbonyl (C=S) groups is 1. The maximum atomic E-state index is 6.23. The number of nitrogens with one attached hydrogen (secondary N) is 1. The van der Waals surface area contributed by atoms with E-state index in [0.717, 1.165) is 11.3 Å². The second-order valence-corrected chi connectivity index (χ2v) is 6.03. The highest BCUT2D eigenvalue weighted by molar-refractivity contribution is 7.80. The van der Waals surface area contributed by atoms with Gasteiger partial charge in [0, 0.05) is 15.7 Å². The van der Waals surface area contributed by atoms with Gasteiger partial charge in [0.25, 0.3) is 0 Å². The molecule has 21 heavy (non-hydrogen) atoms. The first kappa shape index (κ1) is 16.0. The van der Waals surface area contributed by atoms with Gasteiger partial charge in [-0.2, -0.15) is 0 Å². The number of anilines is 1. The Bertz CT molecular complexity index is 689. The third kappa shape index (κ3) is 3.84. The van der Waals surface area contributed by atoms with Crippen LogP contribution in [0.3, 0.4) is 0 Å². The zero-order chi connectivity index (χ0) is 15.6. The molecule has 1 aromatic heterocycles. The van der Waals surface area contributed by atoms with Gasteiger partial charge in [-0.15, -0.1) is 0 Å². The highest BCUT2D eigenvalue weighted by Crippen LogP contribution is 2.29. The molecule has 6 heteroatoms. The molecule has 0 aliphatic carbocycles. The fourth-order valence-electron chi connectivity index (χ4n) is 2.00. The van der Waals surface area contributed by atoms with E-state index in [2.05, 4.69) is 10.3 Å². The maximum absolute atomic E-state index is 6.23. The largest absolute Gasteiger partial charge is 0.389 e. The molecular weight excluding hydrogens is 325 g/mol. The number of hydrogen-bond acceptors (Lipinski definition) is 3. The Balaban J connectivity index is 2.33. The van der Waals surface area contributed by atoms with Gasteiger partial charge < -0.3 is 11.1 Å². The summed E-state index contributed by atoms with van der Waals surface area (Å²) in [4.78, 5) is 4.76. The van der Waals surface area contributed by atoms with Crippen molar-refractivity contribution in [3.63, 3.8) is 0 Å². The first-order chi connectivity index (χ1) is 9.88. The number of benzene rings is 1. The highest BCUT2D eigenvalue weighted by atomic mass is 35.5. The molecule has 0 aliphatic heterocycles. The Morgan fingerprint density at radius 2 is 2.00 bits per heavy atom. The van der Waals surface area contributed by atoms with Crippen LogP contribution in [0.2, 0.25) is 10.0 Å². The summed E-state index contributed by atoms with van der Waals surface area (Å²) in [5.74, 6) is 0.654. The Labute approximate surface area is 139 Å². The summed E-state index contributed by atoms with van der Waals surface area (Å²) in [7, 11) is 0. The Morgan fingerprint density at radius 3 is 2.62 bits per heavy atom. The number of halogens is 2. The standard InChI is InChI=1S/C15H15Cl2N3S/c1-8-3-5-12(14(18)21)15(19-8)20-9(2)11-6-4-10(16)7-13(11)17/h3-7,9H,1-2H3,(H2,18,21)(H,19,20). The lowest BCUT2D eigenvalue weighted by Gasteiger charge is -2.19. The third-order valence-corrected chi connectivity index (χ3v) is 3.86. The minimum Gasteiger partial charge on any atom is -0.389 e. The summed E-state index contributed by atoms with van der Waals surface area (Å²) < 4.78 is 0. The minimum absolute atomic E-state index is 0.0582. The van der Waals surface area contributed by atoms with Gasteiger partial charge in [-0.1, -0.05) is 41.5 Å².